The first kappa shape index (κ1) is 16.1. The van der Waals surface area contributed by atoms with Gasteiger partial charge in [-0.15, -0.1) is 0 Å². The second kappa shape index (κ2) is 6.64. The SMILES string of the molecule is CC(F)c1ccc(NCC2CCNCC2)c(C(F)(F)F)c1. The topological polar surface area (TPSA) is 24.1 Å². The molecule has 118 valence electrons. The Bertz CT molecular complexity index is 465. The quantitative estimate of drug-likeness (QED) is 0.817. The summed E-state index contributed by atoms with van der Waals surface area (Å²) in [5.41, 5.74) is -0.710. The van der Waals surface area contributed by atoms with Gasteiger partial charge in [-0.1, -0.05) is 6.07 Å². The van der Waals surface area contributed by atoms with Gasteiger partial charge in [-0.2, -0.15) is 13.2 Å². The van der Waals surface area contributed by atoms with E-state index in [2.05, 4.69) is 10.6 Å². The van der Waals surface area contributed by atoms with E-state index in [4.69, 9.17) is 0 Å². The number of alkyl halides is 4. The van der Waals surface area contributed by atoms with Crippen molar-refractivity contribution >= 4 is 5.69 Å². The van der Waals surface area contributed by atoms with E-state index in [1.165, 1.54) is 19.1 Å². The van der Waals surface area contributed by atoms with Gasteiger partial charge in [0, 0.05) is 12.2 Å². The number of halogens is 4. The summed E-state index contributed by atoms with van der Waals surface area (Å²) in [4.78, 5) is 0. The molecule has 0 saturated carbocycles. The Balaban J connectivity index is 2.13. The molecule has 1 heterocycles. The van der Waals surface area contributed by atoms with Gasteiger partial charge in [-0.3, -0.25) is 0 Å². The first-order valence-corrected chi connectivity index (χ1v) is 7.17. The normalized spacial score (nSPS) is 18.5. The molecule has 1 atom stereocenters. The van der Waals surface area contributed by atoms with Gasteiger partial charge in [0.2, 0.25) is 0 Å². The minimum atomic E-state index is -4.48. The van der Waals surface area contributed by atoms with E-state index in [0.717, 1.165) is 32.0 Å². The summed E-state index contributed by atoms with van der Waals surface area (Å²) in [7, 11) is 0. The molecule has 1 aliphatic heterocycles. The van der Waals surface area contributed by atoms with E-state index < -0.39 is 17.9 Å². The fourth-order valence-corrected chi connectivity index (χ4v) is 2.54. The number of anilines is 1. The average Bonchev–Trinajstić information content (AvgIpc) is 2.45. The van der Waals surface area contributed by atoms with Gasteiger partial charge in [0.1, 0.15) is 6.17 Å². The zero-order valence-electron chi connectivity index (χ0n) is 11.9. The molecule has 1 aliphatic rings. The van der Waals surface area contributed by atoms with E-state index in [1.54, 1.807) is 0 Å². The van der Waals surface area contributed by atoms with E-state index in [-0.39, 0.29) is 11.3 Å². The molecule has 0 radical (unpaired) electrons. The van der Waals surface area contributed by atoms with Crippen molar-refractivity contribution in [3.63, 3.8) is 0 Å². The summed E-state index contributed by atoms with van der Waals surface area (Å²) in [6.07, 6.45) is -3.99. The van der Waals surface area contributed by atoms with Crippen molar-refractivity contribution in [3.05, 3.63) is 29.3 Å². The molecule has 1 unspecified atom stereocenters. The summed E-state index contributed by atoms with van der Waals surface area (Å²) in [6, 6.07) is 3.63. The fourth-order valence-electron chi connectivity index (χ4n) is 2.54. The van der Waals surface area contributed by atoms with Crippen molar-refractivity contribution in [1.82, 2.24) is 5.32 Å². The van der Waals surface area contributed by atoms with Crippen molar-refractivity contribution < 1.29 is 17.6 Å². The zero-order chi connectivity index (χ0) is 15.5. The van der Waals surface area contributed by atoms with E-state index >= 15 is 0 Å². The predicted molar refractivity (Wildman–Crippen MR) is 75.1 cm³/mol. The molecule has 0 aromatic heterocycles. The van der Waals surface area contributed by atoms with Crippen LogP contribution >= 0.6 is 0 Å². The molecule has 1 fully saturated rings. The van der Waals surface area contributed by atoms with Crippen LogP contribution in [0.15, 0.2) is 18.2 Å². The van der Waals surface area contributed by atoms with Crippen LogP contribution in [0.3, 0.4) is 0 Å². The second-order valence-corrected chi connectivity index (χ2v) is 5.49. The highest BCUT2D eigenvalue weighted by atomic mass is 19.4. The summed E-state index contributed by atoms with van der Waals surface area (Å²) < 4.78 is 52.5. The number of hydrogen-bond donors (Lipinski definition) is 2. The summed E-state index contributed by atoms with van der Waals surface area (Å²) in [5.74, 6) is 0.368. The first-order chi connectivity index (χ1) is 9.88. The number of piperidine rings is 1. The van der Waals surface area contributed by atoms with E-state index in [1.807, 2.05) is 0 Å². The fraction of sp³-hybridized carbons (Fsp3) is 0.600. The minimum Gasteiger partial charge on any atom is -0.384 e. The average molecular weight is 304 g/mol. The van der Waals surface area contributed by atoms with Crippen molar-refractivity contribution in [3.8, 4) is 0 Å². The summed E-state index contributed by atoms with van der Waals surface area (Å²) in [5, 5.41) is 6.10. The van der Waals surface area contributed by atoms with Crippen molar-refractivity contribution in [1.29, 1.82) is 0 Å². The van der Waals surface area contributed by atoms with E-state index in [9.17, 15) is 17.6 Å². The van der Waals surface area contributed by atoms with Gasteiger partial charge < -0.3 is 10.6 Å². The third-order valence-electron chi connectivity index (χ3n) is 3.85. The first-order valence-electron chi connectivity index (χ1n) is 7.17. The molecule has 2 rings (SSSR count). The molecule has 1 saturated heterocycles. The predicted octanol–water partition coefficient (Wildman–Crippen LogP) is 4.15. The second-order valence-electron chi connectivity index (χ2n) is 5.49. The van der Waals surface area contributed by atoms with Crippen LogP contribution in [0.5, 0.6) is 0 Å². The van der Waals surface area contributed by atoms with Gasteiger partial charge in [0.25, 0.3) is 0 Å². The molecule has 21 heavy (non-hydrogen) atoms. The third kappa shape index (κ3) is 4.33. The lowest BCUT2D eigenvalue weighted by Gasteiger charge is -2.24. The Hall–Kier alpha value is -1.30. The minimum absolute atomic E-state index is 0.0328. The maximum Gasteiger partial charge on any atom is 0.418 e. The highest BCUT2D eigenvalue weighted by Gasteiger charge is 2.34. The smallest absolute Gasteiger partial charge is 0.384 e. The molecule has 1 aromatic carbocycles. The Kier molecular flexibility index (Phi) is 5.08. The summed E-state index contributed by atoms with van der Waals surface area (Å²) >= 11 is 0. The molecule has 2 nitrogen and oxygen atoms in total. The van der Waals surface area contributed by atoms with Crippen LogP contribution in [0.25, 0.3) is 0 Å². The molecule has 1 aromatic rings. The van der Waals surface area contributed by atoms with Crippen LogP contribution in [0.2, 0.25) is 0 Å². The Morgan fingerprint density at radius 3 is 2.52 bits per heavy atom. The Morgan fingerprint density at radius 1 is 1.29 bits per heavy atom. The van der Waals surface area contributed by atoms with Gasteiger partial charge >= 0.3 is 6.18 Å². The van der Waals surface area contributed by atoms with Crippen LogP contribution in [-0.2, 0) is 6.18 Å². The number of hydrogen-bond acceptors (Lipinski definition) is 2. The van der Waals surface area contributed by atoms with Crippen LogP contribution in [-0.4, -0.2) is 19.6 Å². The van der Waals surface area contributed by atoms with Crippen LogP contribution < -0.4 is 10.6 Å². The molecule has 0 bridgehead atoms. The molecular weight excluding hydrogens is 284 g/mol. The van der Waals surface area contributed by atoms with Crippen molar-refractivity contribution in [2.75, 3.05) is 25.0 Å². The largest absolute Gasteiger partial charge is 0.418 e. The molecule has 0 amide bonds. The van der Waals surface area contributed by atoms with E-state index in [0.29, 0.717) is 12.5 Å². The lowest BCUT2D eigenvalue weighted by molar-refractivity contribution is -0.137. The van der Waals surface area contributed by atoms with Crippen LogP contribution in [0.1, 0.15) is 37.1 Å². The van der Waals surface area contributed by atoms with Gasteiger partial charge in [0.15, 0.2) is 0 Å². The molecule has 2 N–H and O–H groups in total. The number of nitrogens with one attached hydrogen (secondary N) is 2. The number of rotatable bonds is 4. The zero-order valence-corrected chi connectivity index (χ0v) is 11.9. The maximum atomic E-state index is 13.2. The van der Waals surface area contributed by atoms with Gasteiger partial charge in [-0.05, 0) is 56.5 Å². The lowest BCUT2D eigenvalue weighted by Crippen LogP contribution is -2.31. The monoisotopic (exact) mass is 304 g/mol. The molecule has 0 aliphatic carbocycles. The van der Waals surface area contributed by atoms with Crippen LogP contribution in [0, 0.1) is 5.92 Å². The maximum absolute atomic E-state index is 13.2. The lowest BCUT2D eigenvalue weighted by atomic mass is 9.97. The van der Waals surface area contributed by atoms with Crippen molar-refractivity contribution in [2.24, 2.45) is 5.92 Å². The molecule has 0 spiro atoms. The van der Waals surface area contributed by atoms with Gasteiger partial charge in [0.05, 0.1) is 5.56 Å². The summed E-state index contributed by atoms with van der Waals surface area (Å²) in [6.45, 7) is 3.54. The third-order valence-corrected chi connectivity index (χ3v) is 3.85. The molecular formula is C15H20F4N2. The highest BCUT2D eigenvalue weighted by Crippen LogP contribution is 2.37. The van der Waals surface area contributed by atoms with Crippen LogP contribution in [0.4, 0.5) is 23.2 Å². The highest BCUT2D eigenvalue weighted by molar-refractivity contribution is 5.54. The standard InChI is InChI=1S/C15H20F4N2/c1-10(16)12-2-3-14(13(8-12)15(17,18)19)21-9-11-4-6-20-7-5-11/h2-3,8,10-11,20-21H,4-7,9H2,1H3. The van der Waals surface area contributed by atoms with Gasteiger partial charge in [-0.25, -0.2) is 4.39 Å². The Labute approximate surface area is 121 Å². The molecule has 6 heteroatoms. The Morgan fingerprint density at radius 2 is 1.95 bits per heavy atom. The number of benzene rings is 1. The van der Waals surface area contributed by atoms with Crippen molar-refractivity contribution in [2.45, 2.75) is 32.1 Å².